The van der Waals surface area contributed by atoms with Crippen molar-refractivity contribution in [2.24, 2.45) is 5.73 Å². The maximum atomic E-state index is 13.5. The molecule has 1 aromatic rings. The molecular weight excluding hydrogens is 274 g/mol. The Bertz CT molecular complexity index is 428. The topological polar surface area (TPSA) is 55.1 Å². The molecule has 1 amide bonds. The molecule has 0 radical (unpaired) electrons. The lowest BCUT2D eigenvalue weighted by atomic mass is 9.92. The summed E-state index contributed by atoms with van der Waals surface area (Å²) in [5.41, 5.74) is 4.93. The number of rotatable bonds is 5. The van der Waals surface area contributed by atoms with E-state index in [1.165, 1.54) is 0 Å². The molecule has 0 bridgehead atoms. The van der Waals surface area contributed by atoms with Gasteiger partial charge in [0, 0.05) is 12.6 Å². The van der Waals surface area contributed by atoms with Crippen LogP contribution in [0.15, 0.2) is 18.2 Å². The van der Waals surface area contributed by atoms with E-state index >= 15 is 0 Å². The molecule has 0 saturated heterocycles. The lowest BCUT2D eigenvalue weighted by Crippen LogP contribution is -2.53. The Labute approximate surface area is 118 Å². The van der Waals surface area contributed by atoms with Crippen LogP contribution in [0.25, 0.3) is 0 Å². The van der Waals surface area contributed by atoms with Gasteiger partial charge >= 0.3 is 0 Å². The second-order valence-electron chi connectivity index (χ2n) is 4.27. The first-order chi connectivity index (χ1) is 8.48. The van der Waals surface area contributed by atoms with Crippen LogP contribution in [0.2, 0.25) is 0 Å². The predicted molar refractivity (Wildman–Crippen MR) is 73.4 cm³/mol. The molecule has 0 saturated carbocycles. The van der Waals surface area contributed by atoms with Crippen LogP contribution in [0.5, 0.6) is 0 Å². The average molecular weight is 293 g/mol. The summed E-state index contributed by atoms with van der Waals surface area (Å²) >= 11 is 0. The van der Waals surface area contributed by atoms with Gasteiger partial charge in [0.1, 0.15) is 11.6 Å². The zero-order valence-electron chi connectivity index (χ0n) is 11.0. The van der Waals surface area contributed by atoms with Gasteiger partial charge in [-0.1, -0.05) is 13.8 Å². The van der Waals surface area contributed by atoms with Crippen LogP contribution in [0, 0.1) is 11.6 Å². The van der Waals surface area contributed by atoms with Crippen molar-refractivity contribution in [1.82, 2.24) is 5.32 Å². The van der Waals surface area contributed by atoms with E-state index in [0.29, 0.717) is 18.9 Å². The first-order valence-corrected chi connectivity index (χ1v) is 5.95. The Hall–Kier alpha value is -1.20. The minimum atomic E-state index is -0.870. The molecule has 0 atom stereocenters. The number of nitrogens with one attached hydrogen (secondary N) is 1. The van der Waals surface area contributed by atoms with Gasteiger partial charge in [-0.3, -0.25) is 4.79 Å². The number of amides is 1. The van der Waals surface area contributed by atoms with Gasteiger partial charge in [-0.05, 0) is 25.0 Å². The summed E-state index contributed by atoms with van der Waals surface area (Å²) in [6.07, 6.45) is 1.29. The van der Waals surface area contributed by atoms with Gasteiger partial charge in [-0.15, -0.1) is 12.4 Å². The summed E-state index contributed by atoms with van der Waals surface area (Å²) in [5.74, 6) is -2.15. The average Bonchev–Trinajstić information content (AvgIpc) is 2.36. The minimum Gasteiger partial charge on any atom is -0.345 e. The Balaban J connectivity index is 0.00000324. The molecule has 3 nitrogen and oxygen atoms in total. The third-order valence-electron chi connectivity index (χ3n) is 3.30. The zero-order chi connectivity index (χ0) is 13.8. The maximum absolute atomic E-state index is 13.5. The standard InChI is InChI=1S/C13H18F2N2O.ClH/c1-3-13(4-2,8-16)17-12(18)10-6-5-9(14)7-11(10)15;/h5-7H,3-4,8,16H2,1-2H3,(H,17,18);1H. The molecule has 108 valence electrons. The molecule has 0 heterocycles. The predicted octanol–water partition coefficient (Wildman–Crippen LogP) is 2.63. The van der Waals surface area contributed by atoms with Crippen LogP contribution in [0.1, 0.15) is 37.0 Å². The number of nitrogens with two attached hydrogens (primary N) is 1. The van der Waals surface area contributed by atoms with E-state index in [9.17, 15) is 13.6 Å². The van der Waals surface area contributed by atoms with E-state index in [0.717, 1.165) is 12.1 Å². The van der Waals surface area contributed by atoms with Gasteiger partial charge in [0.2, 0.25) is 0 Å². The molecular formula is C13H19ClF2N2O. The first kappa shape index (κ1) is 17.8. The van der Waals surface area contributed by atoms with E-state index in [2.05, 4.69) is 5.32 Å². The van der Waals surface area contributed by atoms with Crippen molar-refractivity contribution >= 4 is 18.3 Å². The molecule has 0 unspecified atom stereocenters. The van der Waals surface area contributed by atoms with Gasteiger partial charge < -0.3 is 11.1 Å². The summed E-state index contributed by atoms with van der Waals surface area (Å²) in [4.78, 5) is 11.9. The zero-order valence-corrected chi connectivity index (χ0v) is 11.8. The highest BCUT2D eigenvalue weighted by molar-refractivity contribution is 5.95. The molecule has 0 fully saturated rings. The molecule has 0 aromatic heterocycles. The molecule has 0 aliphatic heterocycles. The first-order valence-electron chi connectivity index (χ1n) is 5.95. The van der Waals surface area contributed by atoms with Gasteiger partial charge in [0.25, 0.3) is 5.91 Å². The number of carbonyl (C=O) groups is 1. The summed E-state index contributed by atoms with van der Waals surface area (Å²) < 4.78 is 26.2. The van der Waals surface area contributed by atoms with Crippen molar-refractivity contribution in [3.63, 3.8) is 0 Å². The molecule has 0 spiro atoms. The Morgan fingerprint density at radius 1 is 1.32 bits per heavy atom. The van der Waals surface area contributed by atoms with Crippen molar-refractivity contribution in [2.75, 3.05) is 6.54 Å². The van der Waals surface area contributed by atoms with Crippen LogP contribution < -0.4 is 11.1 Å². The van der Waals surface area contributed by atoms with E-state index in [1.54, 1.807) is 0 Å². The smallest absolute Gasteiger partial charge is 0.254 e. The molecule has 3 N–H and O–H groups in total. The van der Waals surface area contributed by atoms with Crippen LogP contribution in [0.4, 0.5) is 8.78 Å². The van der Waals surface area contributed by atoms with E-state index in [-0.39, 0.29) is 24.5 Å². The third kappa shape index (κ3) is 4.14. The second-order valence-corrected chi connectivity index (χ2v) is 4.27. The van der Waals surface area contributed by atoms with E-state index < -0.39 is 23.1 Å². The fourth-order valence-corrected chi connectivity index (χ4v) is 1.75. The highest BCUT2D eigenvalue weighted by Crippen LogP contribution is 2.16. The monoisotopic (exact) mass is 292 g/mol. The normalized spacial score (nSPS) is 10.8. The van der Waals surface area contributed by atoms with Gasteiger partial charge in [-0.2, -0.15) is 0 Å². The van der Waals surface area contributed by atoms with Crippen molar-refractivity contribution < 1.29 is 13.6 Å². The largest absolute Gasteiger partial charge is 0.345 e. The van der Waals surface area contributed by atoms with Crippen molar-refractivity contribution in [1.29, 1.82) is 0 Å². The van der Waals surface area contributed by atoms with E-state index in [4.69, 9.17) is 5.73 Å². The van der Waals surface area contributed by atoms with Crippen molar-refractivity contribution in [3.8, 4) is 0 Å². The quantitative estimate of drug-likeness (QED) is 0.876. The highest BCUT2D eigenvalue weighted by Gasteiger charge is 2.27. The maximum Gasteiger partial charge on any atom is 0.254 e. The van der Waals surface area contributed by atoms with Crippen LogP contribution >= 0.6 is 12.4 Å². The lowest BCUT2D eigenvalue weighted by Gasteiger charge is -2.31. The number of halogens is 3. The van der Waals surface area contributed by atoms with Gasteiger partial charge in [-0.25, -0.2) is 8.78 Å². The van der Waals surface area contributed by atoms with E-state index in [1.807, 2.05) is 13.8 Å². The Morgan fingerprint density at radius 3 is 2.32 bits per heavy atom. The van der Waals surface area contributed by atoms with Crippen LogP contribution in [0.3, 0.4) is 0 Å². The third-order valence-corrected chi connectivity index (χ3v) is 3.30. The van der Waals surface area contributed by atoms with Crippen LogP contribution in [-0.2, 0) is 0 Å². The second kappa shape index (κ2) is 7.40. The highest BCUT2D eigenvalue weighted by atomic mass is 35.5. The van der Waals surface area contributed by atoms with Gasteiger partial charge in [0.05, 0.1) is 11.1 Å². The number of hydrogen-bond donors (Lipinski definition) is 2. The molecule has 0 aliphatic rings. The number of hydrogen-bond acceptors (Lipinski definition) is 2. The number of carbonyl (C=O) groups excluding carboxylic acids is 1. The summed E-state index contributed by atoms with van der Waals surface area (Å²) in [7, 11) is 0. The summed E-state index contributed by atoms with van der Waals surface area (Å²) in [5, 5.41) is 2.73. The molecule has 0 aliphatic carbocycles. The minimum absolute atomic E-state index is 0. The van der Waals surface area contributed by atoms with Crippen molar-refractivity contribution in [3.05, 3.63) is 35.4 Å². The molecule has 6 heteroatoms. The molecule has 19 heavy (non-hydrogen) atoms. The van der Waals surface area contributed by atoms with Crippen LogP contribution in [-0.4, -0.2) is 18.0 Å². The SMILES string of the molecule is CCC(CC)(CN)NC(=O)c1ccc(F)cc1F.Cl. The fraction of sp³-hybridized carbons (Fsp3) is 0.462. The summed E-state index contributed by atoms with van der Waals surface area (Å²) in [6.45, 7) is 4.07. The van der Waals surface area contributed by atoms with Gasteiger partial charge in [0.15, 0.2) is 0 Å². The van der Waals surface area contributed by atoms with Crippen molar-refractivity contribution in [2.45, 2.75) is 32.2 Å². The Kier molecular flexibility index (Phi) is 6.94. The summed E-state index contributed by atoms with van der Waals surface area (Å²) in [6, 6.07) is 2.88. The molecule has 1 aromatic carbocycles. The number of benzene rings is 1. The Morgan fingerprint density at radius 2 is 1.89 bits per heavy atom. The lowest BCUT2D eigenvalue weighted by molar-refractivity contribution is 0.0891. The fourth-order valence-electron chi connectivity index (χ4n) is 1.75. The molecule has 1 rings (SSSR count).